The summed E-state index contributed by atoms with van der Waals surface area (Å²) in [5.74, 6) is 1.82. The molecule has 6 nitrogen and oxygen atoms in total. The molecule has 1 N–H and O–H groups in total. The number of benzene rings is 2. The third kappa shape index (κ3) is 4.00. The maximum Gasteiger partial charge on any atom is 0.203 e. The van der Waals surface area contributed by atoms with Crippen molar-refractivity contribution in [2.45, 2.75) is 26.4 Å². The van der Waals surface area contributed by atoms with Crippen molar-refractivity contribution < 1.29 is 14.2 Å². The van der Waals surface area contributed by atoms with Crippen molar-refractivity contribution >= 4 is 23.0 Å². The number of anilines is 1. The molecule has 32 heavy (non-hydrogen) atoms. The number of rotatable bonds is 5. The Hall–Kier alpha value is -3.19. The summed E-state index contributed by atoms with van der Waals surface area (Å²) in [4.78, 5) is 2.23. The van der Waals surface area contributed by atoms with Gasteiger partial charge in [-0.15, -0.1) is 0 Å². The van der Waals surface area contributed by atoms with Gasteiger partial charge >= 0.3 is 0 Å². The number of thiocarbonyl (C=S) groups is 1. The largest absolute Gasteiger partial charge is 0.493 e. The van der Waals surface area contributed by atoms with Gasteiger partial charge in [0.25, 0.3) is 0 Å². The molecule has 0 aliphatic carbocycles. The normalized spacial score (nSPS) is 15.2. The molecule has 0 fully saturated rings. The maximum absolute atomic E-state index is 5.93. The van der Waals surface area contributed by atoms with Crippen molar-refractivity contribution in [2.24, 2.45) is 0 Å². The van der Waals surface area contributed by atoms with Gasteiger partial charge in [0.15, 0.2) is 16.6 Å². The van der Waals surface area contributed by atoms with Crippen LogP contribution in [-0.2, 0) is 6.54 Å². The number of hydrogen-bond acceptors (Lipinski definition) is 4. The van der Waals surface area contributed by atoms with Crippen LogP contribution in [0.25, 0.3) is 0 Å². The first kappa shape index (κ1) is 22.0. The summed E-state index contributed by atoms with van der Waals surface area (Å²) < 4.78 is 19.0. The molecular weight excluding hydrogens is 422 g/mol. The molecule has 1 aliphatic rings. The Balaban J connectivity index is 1.77. The van der Waals surface area contributed by atoms with Crippen molar-refractivity contribution in [3.63, 3.8) is 0 Å². The summed E-state index contributed by atoms with van der Waals surface area (Å²) in [5.41, 5.74) is 5.55. The zero-order chi connectivity index (χ0) is 22.8. The van der Waals surface area contributed by atoms with E-state index in [4.69, 9.17) is 26.4 Å². The zero-order valence-corrected chi connectivity index (χ0v) is 20.0. The third-order valence-electron chi connectivity index (χ3n) is 5.94. The number of aromatic nitrogens is 1. The number of nitrogens with one attached hydrogen (secondary N) is 1. The van der Waals surface area contributed by atoms with Crippen molar-refractivity contribution in [3.05, 3.63) is 71.0 Å². The Morgan fingerprint density at radius 3 is 2.34 bits per heavy atom. The molecule has 1 aliphatic heterocycles. The van der Waals surface area contributed by atoms with Crippen LogP contribution >= 0.6 is 12.2 Å². The number of nitrogens with zero attached hydrogens (tertiary/aromatic N) is 2. The van der Waals surface area contributed by atoms with Crippen molar-refractivity contribution in [1.82, 2.24) is 9.47 Å². The number of aryl methyl sites for hydroxylation is 2. The first-order chi connectivity index (χ1) is 15.5. The van der Waals surface area contributed by atoms with E-state index in [1.54, 1.807) is 21.3 Å². The van der Waals surface area contributed by atoms with Gasteiger partial charge in [-0.3, -0.25) is 0 Å². The number of hydrogen-bond donors (Lipinski definition) is 1. The fourth-order valence-electron chi connectivity index (χ4n) is 4.27. The summed E-state index contributed by atoms with van der Waals surface area (Å²) in [7, 11) is 4.88. The molecule has 2 aromatic carbocycles. The predicted molar refractivity (Wildman–Crippen MR) is 131 cm³/mol. The fraction of sp³-hybridized carbons (Fsp3) is 0.320. The van der Waals surface area contributed by atoms with E-state index in [-0.39, 0.29) is 6.04 Å². The third-order valence-corrected chi connectivity index (χ3v) is 6.27. The minimum atomic E-state index is -0.0995. The molecular formula is C25H29N3O3S. The quantitative estimate of drug-likeness (QED) is 0.555. The highest BCUT2D eigenvalue weighted by Crippen LogP contribution is 2.43. The molecule has 2 heterocycles. The van der Waals surface area contributed by atoms with Crippen molar-refractivity contribution in [3.8, 4) is 17.2 Å². The summed E-state index contributed by atoms with van der Waals surface area (Å²) in [6.45, 7) is 5.81. The summed E-state index contributed by atoms with van der Waals surface area (Å²) in [6.07, 6.45) is 2.11. The molecule has 0 saturated carbocycles. The minimum Gasteiger partial charge on any atom is -0.493 e. The molecule has 0 radical (unpaired) electrons. The molecule has 1 unspecified atom stereocenters. The summed E-state index contributed by atoms with van der Waals surface area (Å²) in [5, 5.41) is 4.17. The monoisotopic (exact) mass is 451 g/mol. The average molecular weight is 452 g/mol. The van der Waals surface area contributed by atoms with E-state index in [1.165, 1.54) is 5.56 Å². The van der Waals surface area contributed by atoms with Gasteiger partial charge in [-0.2, -0.15) is 0 Å². The van der Waals surface area contributed by atoms with Crippen LogP contribution in [0.15, 0.2) is 48.7 Å². The fourth-order valence-corrected chi connectivity index (χ4v) is 4.58. The Bertz CT molecular complexity index is 1120. The topological polar surface area (TPSA) is 47.9 Å². The molecule has 1 atom stereocenters. The zero-order valence-electron chi connectivity index (χ0n) is 19.1. The van der Waals surface area contributed by atoms with Crippen molar-refractivity contribution in [1.29, 1.82) is 0 Å². The van der Waals surface area contributed by atoms with Crippen LogP contribution in [0, 0.1) is 13.8 Å². The molecule has 168 valence electrons. The lowest BCUT2D eigenvalue weighted by Gasteiger charge is -2.39. The van der Waals surface area contributed by atoms with Crippen molar-refractivity contribution in [2.75, 3.05) is 33.2 Å². The molecule has 3 aromatic rings. The van der Waals surface area contributed by atoms with Gasteiger partial charge in [-0.05, 0) is 73.1 Å². The average Bonchev–Trinajstić information content (AvgIpc) is 3.28. The highest BCUT2D eigenvalue weighted by atomic mass is 32.1. The van der Waals surface area contributed by atoms with Crippen LogP contribution in [0.1, 0.15) is 28.4 Å². The highest BCUT2D eigenvalue weighted by molar-refractivity contribution is 7.80. The lowest BCUT2D eigenvalue weighted by molar-refractivity contribution is 0.288. The van der Waals surface area contributed by atoms with E-state index < -0.39 is 0 Å². The van der Waals surface area contributed by atoms with Gasteiger partial charge in [-0.1, -0.05) is 12.1 Å². The Morgan fingerprint density at radius 1 is 0.969 bits per heavy atom. The first-order valence-corrected chi connectivity index (χ1v) is 11.0. The summed E-state index contributed by atoms with van der Waals surface area (Å²) in [6, 6.07) is 14.5. The second kappa shape index (κ2) is 9.12. The van der Waals surface area contributed by atoms with Gasteiger partial charge in [0.05, 0.1) is 27.4 Å². The smallest absolute Gasteiger partial charge is 0.203 e. The van der Waals surface area contributed by atoms with Crippen LogP contribution in [0.3, 0.4) is 0 Å². The second-order valence-electron chi connectivity index (χ2n) is 7.93. The number of fused-ring (bicyclic) bond motifs is 1. The molecule has 4 rings (SSSR count). The Kier molecular flexibility index (Phi) is 6.28. The van der Waals surface area contributed by atoms with E-state index in [2.05, 4.69) is 65.2 Å². The highest BCUT2D eigenvalue weighted by Gasteiger charge is 2.32. The van der Waals surface area contributed by atoms with Gasteiger partial charge in [0.1, 0.15) is 0 Å². The Labute approximate surface area is 194 Å². The van der Waals surface area contributed by atoms with Crippen LogP contribution in [0.5, 0.6) is 17.2 Å². The predicted octanol–water partition coefficient (Wildman–Crippen LogP) is 4.93. The summed E-state index contributed by atoms with van der Waals surface area (Å²) >= 11 is 5.93. The molecule has 7 heteroatoms. The Morgan fingerprint density at radius 2 is 1.69 bits per heavy atom. The van der Waals surface area contributed by atoms with Crippen LogP contribution in [0.2, 0.25) is 0 Å². The molecule has 0 saturated heterocycles. The molecule has 0 spiro atoms. The van der Waals surface area contributed by atoms with Gasteiger partial charge in [0.2, 0.25) is 5.75 Å². The maximum atomic E-state index is 5.93. The second-order valence-corrected chi connectivity index (χ2v) is 8.32. The number of ether oxygens (including phenoxy) is 3. The lowest BCUT2D eigenvalue weighted by Crippen LogP contribution is -2.44. The van der Waals surface area contributed by atoms with Gasteiger partial charge < -0.3 is 29.0 Å². The number of methoxy groups -OCH3 is 3. The van der Waals surface area contributed by atoms with Crippen LogP contribution in [-0.4, -0.2) is 42.5 Å². The van der Waals surface area contributed by atoms with Gasteiger partial charge in [-0.25, -0.2) is 0 Å². The van der Waals surface area contributed by atoms with E-state index >= 15 is 0 Å². The molecule has 1 aromatic heterocycles. The van der Waals surface area contributed by atoms with Crippen LogP contribution in [0.4, 0.5) is 5.69 Å². The van der Waals surface area contributed by atoms with E-state index in [1.807, 2.05) is 12.1 Å². The minimum absolute atomic E-state index is 0.0995. The molecule has 0 bridgehead atoms. The standard InChI is InChI=1S/C25H29N3O3S/c1-16-8-9-17(2)19(13-16)26-25(32)28-12-11-27-10-6-7-20(27)23(28)18-14-21(29-3)24(31-5)22(15-18)30-4/h6-10,13-15,23H,11-12H2,1-5H3,(H,26,32). The van der Waals surface area contributed by atoms with E-state index in [0.717, 1.165) is 35.6 Å². The molecule has 0 amide bonds. The first-order valence-electron chi connectivity index (χ1n) is 10.6. The lowest BCUT2D eigenvalue weighted by atomic mass is 9.99. The van der Waals surface area contributed by atoms with Gasteiger partial charge in [0, 0.05) is 30.7 Å². The van der Waals surface area contributed by atoms with E-state index in [0.29, 0.717) is 22.4 Å². The SMILES string of the molecule is COc1cc(C2c3cccn3CCN2C(=S)Nc2cc(C)ccc2C)cc(OC)c1OC. The van der Waals surface area contributed by atoms with E-state index in [9.17, 15) is 0 Å². The van der Waals surface area contributed by atoms with Crippen LogP contribution < -0.4 is 19.5 Å².